The van der Waals surface area contributed by atoms with Crippen LogP contribution < -0.4 is 0 Å². The van der Waals surface area contributed by atoms with E-state index in [4.69, 9.17) is 5.26 Å². The zero-order valence-corrected chi connectivity index (χ0v) is 8.72. The van der Waals surface area contributed by atoms with Crippen LogP contribution in [-0.4, -0.2) is 5.78 Å². The van der Waals surface area contributed by atoms with E-state index in [9.17, 15) is 4.79 Å². The van der Waals surface area contributed by atoms with E-state index in [0.29, 0.717) is 12.0 Å². The van der Waals surface area contributed by atoms with Crippen molar-refractivity contribution in [1.29, 1.82) is 5.26 Å². The lowest BCUT2D eigenvalue weighted by atomic mass is 9.98. The van der Waals surface area contributed by atoms with Gasteiger partial charge in [-0.3, -0.25) is 4.79 Å². The second-order valence-electron chi connectivity index (χ2n) is 3.58. The number of hydrogen-bond acceptors (Lipinski definition) is 2. The molecule has 0 heterocycles. The number of ketones is 1. The van der Waals surface area contributed by atoms with Crippen molar-refractivity contribution < 1.29 is 4.79 Å². The van der Waals surface area contributed by atoms with Crippen LogP contribution in [-0.2, 0) is 11.2 Å². The fraction of sp³-hybridized carbons (Fsp3) is 0.333. The number of rotatable bonds is 2. The van der Waals surface area contributed by atoms with Gasteiger partial charge in [0.25, 0.3) is 0 Å². The Hall–Kier alpha value is -1.62. The molecule has 0 aliphatic carbocycles. The van der Waals surface area contributed by atoms with Crippen LogP contribution >= 0.6 is 0 Å². The third-order valence-electron chi connectivity index (χ3n) is 2.30. The molecule has 0 fully saturated rings. The van der Waals surface area contributed by atoms with E-state index in [1.807, 2.05) is 19.9 Å². The normalized spacial score (nSPS) is 9.57. The Bertz CT molecular complexity index is 413. The third-order valence-corrected chi connectivity index (χ3v) is 2.30. The number of Topliss-reactive ketones (excluding diaryl/α,β-unsaturated/α-hetero) is 1. The van der Waals surface area contributed by atoms with E-state index in [1.165, 1.54) is 0 Å². The van der Waals surface area contributed by atoms with E-state index in [2.05, 4.69) is 6.07 Å². The van der Waals surface area contributed by atoms with Gasteiger partial charge in [-0.05, 0) is 43.5 Å². The van der Waals surface area contributed by atoms with Gasteiger partial charge in [0.1, 0.15) is 5.78 Å². The average Bonchev–Trinajstić information content (AvgIpc) is 2.10. The Morgan fingerprint density at radius 1 is 1.43 bits per heavy atom. The van der Waals surface area contributed by atoms with Crippen LogP contribution in [0.5, 0.6) is 0 Å². The lowest BCUT2D eigenvalue weighted by Crippen LogP contribution is -1.99. The molecule has 0 radical (unpaired) electrons. The van der Waals surface area contributed by atoms with Gasteiger partial charge in [0, 0.05) is 6.42 Å². The molecule has 0 bridgehead atoms. The largest absolute Gasteiger partial charge is 0.300 e. The highest BCUT2D eigenvalue weighted by Gasteiger charge is 2.05. The summed E-state index contributed by atoms with van der Waals surface area (Å²) in [7, 11) is 0. The Morgan fingerprint density at radius 2 is 2.07 bits per heavy atom. The third kappa shape index (κ3) is 2.20. The van der Waals surface area contributed by atoms with Gasteiger partial charge in [0.15, 0.2) is 0 Å². The first kappa shape index (κ1) is 10.5. The number of benzene rings is 1. The maximum atomic E-state index is 10.9. The summed E-state index contributed by atoms with van der Waals surface area (Å²) in [6.45, 7) is 5.44. The van der Waals surface area contributed by atoms with Crippen LogP contribution in [0.4, 0.5) is 0 Å². The molecule has 72 valence electrons. The molecule has 1 aromatic carbocycles. The van der Waals surface area contributed by atoms with E-state index >= 15 is 0 Å². The van der Waals surface area contributed by atoms with E-state index < -0.39 is 0 Å². The van der Waals surface area contributed by atoms with Crippen molar-refractivity contribution in [3.05, 3.63) is 34.4 Å². The Kier molecular flexibility index (Phi) is 3.03. The molecule has 0 aliphatic rings. The molecule has 0 amide bonds. The smallest absolute Gasteiger partial charge is 0.134 e. The van der Waals surface area contributed by atoms with Crippen LogP contribution in [0.3, 0.4) is 0 Å². The summed E-state index contributed by atoms with van der Waals surface area (Å²) in [6.07, 6.45) is 0.412. The molecule has 0 aliphatic heterocycles. The second-order valence-corrected chi connectivity index (χ2v) is 3.58. The monoisotopic (exact) mass is 187 g/mol. The van der Waals surface area contributed by atoms with Gasteiger partial charge in [0.2, 0.25) is 0 Å². The van der Waals surface area contributed by atoms with Crippen molar-refractivity contribution in [3.8, 4) is 6.07 Å². The summed E-state index contributed by atoms with van der Waals surface area (Å²) in [4.78, 5) is 10.9. The zero-order chi connectivity index (χ0) is 10.7. The van der Waals surface area contributed by atoms with Crippen LogP contribution in [0, 0.1) is 25.2 Å². The van der Waals surface area contributed by atoms with Crippen molar-refractivity contribution in [2.75, 3.05) is 0 Å². The second kappa shape index (κ2) is 4.06. The fourth-order valence-corrected chi connectivity index (χ4v) is 1.44. The highest BCUT2D eigenvalue weighted by molar-refractivity contribution is 5.78. The Morgan fingerprint density at radius 3 is 2.57 bits per heavy atom. The number of nitrogens with zero attached hydrogens (tertiary/aromatic N) is 1. The van der Waals surface area contributed by atoms with Crippen LogP contribution in [0.2, 0.25) is 0 Å². The van der Waals surface area contributed by atoms with Crippen molar-refractivity contribution in [3.63, 3.8) is 0 Å². The van der Waals surface area contributed by atoms with E-state index in [0.717, 1.165) is 16.7 Å². The SMILES string of the molecule is CC(=O)Cc1cc(C)c(C)c(C#N)c1. The first-order valence-electron chi connectivity index (χ1n) is 4.54. The van der Waals surface area contributed by atoms with Gasteiger partial charge in [-0.25, -0.2) is 0 Å². The van der Waals surface area contributed by atoms with Gasteiger partial charge in [0.05, 0.1) is 11.6 Å². The molecule has 14 heavy (non-hydrogen) atoms. The van der Waals surface area contributed by atoms with Crippen LogP contribution in [0.1, 0.15) is 29.2 Å². The summed E-state index contributed by atoms with van der Waals surface area (Å²) < 4.78 is 0. The number of nitriles is 1. The molecule has 1 rings (SSSR count). The number of carbonyl (C=O) groups is 1. The Labute approximate surface area is 84.2 Å². The molecule has 0 unspecified atom stereocenters. The summed E-state index contributed by atoms with van der Waals surface area (Å²) in [5, 5.41) is 8.87. The lowest BCUT2D eigenvalue weighted by Gasteiger charge is -2.05. The number of aryl methyl sites for hydroxylation is 1. The minimum absolute atomic E-state index is 0.122. The van der Waals surface area contributed by atoms with Gasteiger partial charge in [-0.15, -0.1) is 0 Å². The molecule has 0 saturated carbocycles. The Balaban J connectivity index is 3.18. The van der Waals surface area contributed by atoms with Crippen LogP contribution in [0.25, 0.3) is 0 Å². The molecule has 0 atom stereocenters. The van der Waals surface area contributed by atoms with Crippen LogP contribution in [0.15, 0.2) is 12.1 Å². The lowest BCUT2D eigenvalue weighted by molar-refractivity contribution is -0.116. The van der Waals surface area contributed by atoms with Gasteiger partial charge in [-0.2, -0.15) is 5.26 Å². The van der Waals surface area contributed by atoms with E-state index in [-0.39, 0.29) is 5.78 Å². The summed E-state index contributed by atoms with van der Waals surface area (Å²) in [5.41, 5.74) is 3.67. The summed E-state index contributed by atoms with van der Waals surface area (Å²) >= 11 is 0. The van der Waals surface area contributed by atoms with Crippen molar-refractivity contribution >= 4 is 5.78 Å². The zero-order valence-electron chi connectivity index (χ0n) is 8.72. The topological polar surface area (TPSA) is 40.9 Å². The van der Waals surface area contributed by atoms with Gasteiger partial charge >= 0.3 is 0 Å². The molecule has 0 N–H and O–H groups in total. The first-order chi connectivity index (χ1) is 6.54. The molecule has 0 spiro atoms. The van der Waals surface area contributed by atoms with E-state index in [1.54, 1.807) is 13.0 Å². The molecule has 2 heteroatoms. The number of hydrogen-bond donors (Lipinski definition) is 0. The summed E-state index contributed by atoms with van der Waals surface area (Å²) in [5.74, 6) is 0.122. The standard InChI is InChI=1S/C12H13NO/c1-8-4-11(5-9(2)14)6-12(7-13)10(8)3/h4,6H,5H2,1-3H3. The predicted octanol–water partition coefficient (Wildman–Crippen LogP) is 2.31. The molecule has 1 aromatic rings. The fourth-order valence-electron chi connectivity index (χ4n) is 1.44. The minimum atomic E-state index is 0.122. The predicted molar refractivity (Wildman–Crippen MR) is 55.0 cm³/mol. The molecular weight excluding hydrogens is 174 g/mol. The maximum Gasteiger partial charge on any atom is 0.134 e. The quantitative estimate of drug-likeness (QED) is 0.712. The average molecular weight is 187 g/mol. The maximum absolute atomic E-state index is 10.9. The van der Waals surface area contributed by atoms with Gasteiger partial charge in [-0.1, -0.05) is 6.07 Å². The highest BCUT2D eigenvalue weighted by atomic mass is 16.1. The number of carbonyl (C=O) groups excluding carboxylic acids is 1. The molecule has 0 aromatic heterocycles. The van der Waals surface area contributed by atoms with Crippen molar-refractivity contribution in [2.24, 2.45) is 0 Å². The highest BCUT2D eigenvalue weighted by Crippen LogP contribution is 2.16. The molecular formula is C12H13NO. The first-order valence-corrected chi connectivity index (χ1v) is 4.54. The summed E-state index contributed by atoms with van der Waals surface area (Å²) in [6, 6.07) is 5.90. The molecule has 2 nitrogen and oxygen atoms in total. The van der Waals surface area contributed by atoms with Crippen molar-refractivity contribution in [2.45, 2.75) is 27.2 Å². The molecule has 0 saturated heterocycles. The van der Waals surface area contributed by atoms with Gasteiger partial charge < -0.3 is 0 Å². The minimum Gasteiger partial charge on any atom is -0.300 e. The van der Waals surface area contributed by atoms with Crippen molar-refractivity contribution in [1.82, 2.24) is 0 Å².